The molecule has 350 valence electrons. The normalized spacial score (nSPS) is 13.2. The number of rotatable bonds is 48. The van der Waals surface area contributed by atoms with Crippen molar-refractivity contribution in [3.8, 4) is 0 Å². The summed E-state index contributed by atoms with van der Waals surface area (Å²) in [6.07, 6.45) is 49.6. The van der Waals surface area contributed by atoms with Crippen molar-refractivity contribution in [1.82, 2.24) is 0 Å². The molecule has 0 rings (SSSR count). The fraction of sp³-hybridized carbons (Fsp3) is 0.918. The molecule has 0 amide bonds. The van der Waals surface area contributed by atoms with Crippen LogP contribution in [-0.2, 0) is 32.7 Å². The number of ether oxygens (including phenoxy) is 2. The van der Waals surface area contributed by atoms with E-state index in [-0.39, 0.29) is 38.6 Å². The van der Waals surface area contributed by atoms with Crippen LogP contribution in [0.1, 0.15) is 258 Å². The lowest BCUT2D eigenvalue weighted by atomic mass is 10.0. The number of hydrogen-bond donors (Lipinski definition) is 2. The molecule has 0 aliphatic carbocycles. The summed E-state index contributed by atoms with van der Waals surface area (Å²) in [7, 11) is -4.38. The Morgan fingerprint density at radius 2 is 0.831 bits per heavy atom. The minimum atomic E-state index is -4.38. The summed E-state index contributed by atoms with van der Waals surface area (Å²) in [4.78, 5) is 35.0. The minimum absolute atomic E-state index is 0.0562. The highest BCUT2D eigenvalue weighted by atomic mass is 31.2. The Balaban J connectivity index is 4.02. The van der Waals surface area contributed by atoms with Gasteiger partial charge in [0.25, 0.3) is 0 Å². The Bertz CT molecular complexity index is 980. The van der Waals surface area contributed by atoms with E-state index in [1.165, 1.54) is 186 Å². The van der Waals surface area contributed by atoms with Gasteiger partial charge in [-0.3, -0.25) is 18.6 Å². The maximum Gasteiger partial charge on any atom is 0.472 e. The fourth-order valence-electron chi connectivity index (χ4n) is 7.40. The van der Waals surface area contributed by atoms with Gasteiger partial charge in [-0.15, -0.1) is 0 Å². The Kier molecular flexibility index (Phi) is 45.3. The van der Waals surface area contributed by atoms with Crippen molar-refractivity contribution in [3.05, 3.63) is 12.2 Å². The number of phosphoric ester groups is 1. The summed E-state index contributed by atoms with van der Waals surface area (Å²) in [6, 6.07) is 0. The van der Waals surface area contributed by atoms with Gasteiger partial charge >= 0.3 is 19.8 Å². The minimum Gasteiger partial charge on any atom is -0.462 e. The number of allylic oxidation sites excluding steroid dienone is 2. The smallest absolute Gasteiger partial charge is 0.462 e. The molecule has 0 spiro atoms. The van der Waals surface area contributed by atoms with Gasteiger partial charge in [0.2, 0.25) is 0 Å². The predicted octanol–water partition coefficient (Wildman–Crippen LogP) is 15.0. The van der Waals surface area contributed by atoms with E-state index in [2.05, 4.69) is 26.0 Å². The van der Waals surface area contributed by atoms with Crippen molar-refractivity contribution in [2.24, 2.45) is 5.73 Å². The van der Waals surface area contributed by atoms with E-state index in [1.807, 2.05) is 0 Å². The second-order valence-electron chi connectivity index (χ2n) is 17.0. The Morgan fingerprint density at radius 1 is 0.492 bits per heavy atom. The van der Waals surface area contributed by atoms with Crippen molar-refractivity contribution >= 4 is 19.8 Å². The third-order valence-corrected chi connectivity index (χ3v) is 12.1. The van der Waals surface area contributed by atoms with E-state index in [1.54, 1.807) is 0 Å². The second kappa shape index (κ2) is 46.3. The highest BCUT2D eigenvalue weighted by molar-refractivity contribution is 7.47. The van der Waals surface area contributed by atoms with Crippen molar-refractivity contribution < 1.29 is 37.6 Å². The van der Waals surface area contributed by atoms with Crippen LogP contribution in [0, 0.1) is 0 Å². The SMILES string of the molecule is CCCCCCCC/C=C/CCCCCCCCCCCC(=O)O[C@H](COC(=O)CCCCCCCCCCCCCCCCCCCCC)COP(=O)(O)OCCN. The van der Waals surface area contributed by atoms with Gasteiger partial charge in [-0.1, -0.05) is 219 Å². The van der Waals surface area contributed by atoms with Crippen LogP contribution >= 0.6 is 7.82 Å². The summed E-state index contributed by atoms with van der Waals surface area (Å²) < 4.78 is 32.9. The molecule has 0 heterocycles. The molecule has 0 aromatic carbocycles. The molecule has 59 heavy (non-hydrogen) atoms. The average Bonchev–Trinajstić information content (AvgIpc) is 3.22. The summed E-state index contributed by atoms with van der Waals surface area (Å²) in [5.41, 5.74) is 5.36. The Morgan fingerprint density at radius 3 is 1.20 bits per heavy atom. The van der Waals surface area contributed by atoms with Crippen LogP contribution in [0.25, 0.3) is 0 Å². The molecule has 0 bridgehead atoms. The van der Waals surface area contributed by atoms with Crippen LogP contribution < -0.4 is 5.73 Å². The van der Waals surface area contributed by atoms with Gasteiger partial charge in [-0.25, -0.2) is 4.57 Å². The van der Waals surface area contributed by atoms with Crippen LogP contribution in [0.15, 0.2) is 12.2 Å². The lowest BCUT2D eigenvalue weighted by Crippen LogP contribution is -2.29. The number of unbranched alkanes of at least 4 members (excludes halogenated alkanes) is 33. The first-order valence-electron chi connectivity index (χ1n) is 25.2. The highest BCUT2D eigenvalue weighted by Gasteiger charge is 2.26. The van der Waals surface area contributed by atoms with E-state index in [9.17, 15) is 19.0 Å². The van der Waals surface area contributed by atoms with Crippen LogP contribution in [-0.4, -0.2) is 49.3 Å². The van der Waals surface area contributed by atoms with Crippen molar-refractivity contribution in [3.63, 3.8) is 0 Å². The van der Waals surface area contributed by atoms with Crippen molar-refractivity contribution in [2.45, 2.75) is 264 Å². The molecule has 0 saturated carbocycles. The molecule has 0 fully saturated rings. The number of phosphoric acid groups is 1. The Labute approximate surface area is 364 Å². The average molecular weight is 858 g/mol. The standard InChI is InChI=1S/C49H96NO8P/c1-3-5-7-9-11-13-15-17-19-21-23-25-27-29-31-33-35-37-39-41-48(51)55-45-47(46-57-59(53,54)56-44-43-50)58-49(52)42-40-38-36-34-32-30-28-26-24-22-20-18-16-14-12-10-8-6-4-2/h18,20,47H,3-17,19,21-46,50H2,1-2H3,(H,53,54)/b20-18+/t47-/m1/s1. The first-order chi connectivity index (χ1) is 28.8. The van der Waals surface area contributed by atoms with Crippen LogP contribution in [0.3, 0.4) is 0 Å². The Hall–Kier alpha value is -1.25. The summed E-state index contributed by atoms with van der Waals surface area (Å²) >= 11 is 0. The molecule has 9 nitrogen and oxygen atoms in total. The van der Waals surface area contributed by atoms with E-state index >= 15 is 0 Å². The molecule has 0 aromatic heterocycles. The number of esters is 2. The first kappa shape index (κ1) is 57.8. The molecular weight excluding hydrogens is 762 g/mol. The van der Waals surface area contributed by atoms with Gasteiger partial charge < -0.3 is 20.1 Å². The topological polar surface area (TPSA) is 134 Å². The van der Waals surface area contributed by atoms with Gasteiger partial charge in [0.05, 0.1) is 13.2 Å². The number of carbonyl (C=O) groups is 2. The monoisotopic (exact) mass is 858 g/mol. The number of carbonyl (C=O) groups excluding carboxylic acids is 2. The van der Waals surface area contributed by atoms with Crippen LogP contribution in [0.4, 0.5) is 0 Å². The maximum atomic E-state index is 12.6. The third kappa shape index (κ3) is 46.1. The van der Waals surface area contributed by atoms with E-state index in [0.717, 1.165) is 38.5 Å². The molecule has 0 saturated heterocycles. The van der Waals surface area contributed by atoms with Gasteiger partial charge in [0, 0.05) is 19.4 Å². The molecule has 0 radical (unpaired) electrons. The lowest BCUT2D eigenvalue weighted by Gasteiger charge is -2.19. The zero-order valence-corrected chi connectivity index (χ0v) is 39.7. The quantitative estimate of drug-likeness (QED) is 0.0265. The van der Waals surface area contributed by atoms with Gasteiger partial charge in [0.15, 0.2) is 6.10 Å². The van der Waals surface area contributed by atoms with E-state index in [4.69, 9.17) is 24.3 Å². The molecule has 2 atom stereocenters. The maximum absolute atomic E-state index is 12.6. The largest absolute Gasteiger partial charge is 0.472 e. The van der Waals surface area contributed by atoms with E-state index in [0.29, 0.717) is 6.42 Å². The van der Waals surface area contributed by atoms with E-state index < -0.39 is 26.5 Å². The molecule has 0 aromatic rings. The predicted molar refractivity (Wildman–Crippen MR) is 248 cm³/mol. The van der Waals surface area contributed by atoms with Crippen LogP contribution in [0.5, 0.6) is 0 Å². The second-order valence-corrected chi connectivity index (χ2v) is 18.5. The summed E-state index contributed by atoms with van der Waals surface area (Å²) in [5, 5.41) is 0. The molecule has 0 aliphatic rings. The molecule has 1 unspecified atom stereocenters. The molecule has 3 N–H and O–H groups in total. The zero-order valence-electron chi connectivity index (χ0n) is 38.8. The van der Waals surface area contributed by atoms with Crippen LogP contribution in [0.2, 0.25) is 0 Å². The number of hydrogen-bond acceptors (Lipinski definition) is 8. The molecule has 10 heteroatoms. The zero-order chi connectivity index (χ0) is 43.2. The summed E-state index contributed by atoms with van der Waals surface area (Å²) in [6.45, 7) is 3.78. The first-order valence-corrected chi connectivity index (χ1v) is 26.7. The lowest BCUT2D eigenvalue weighted by molar-refractivity contribution is -0.161. The summed E-state index contributed by atoms with van der Waals surface area (Å²) in [5.74, 6) is -0.814. The van der Waals surface area contributed by atoms with Crippen molar-refractivity contribution in [1.29, 1.82) is 0 Å². The number of nitrogens with two attached hydrogens (primary N) is 1. The van der Waals surface area contributed by atoms with Gasteiger partial charge in [0.1, 0.15) is 6.61 Å². The van der Waals surface area contributed by atoms with Gasteiger partial charge in [-0.2, -0.15) is 0 Å². The van der Waals surface area contributed by atoms with Gasteiger partial charge in [-0.05, 0) is 38.5 Å². The molecule has 0 aliphatic heterocycles. The molecular formula is C49H96NO8P. The van der Waals surface area contributed by atoms with Crippen molar-refractivity contribution in [2.75, 3.05) is 26.4 Å². The highest BCUT2D eigenvalue weighted by Crippen LogP contribution is 2.43. The fourth-order valence-corrected chi connectivity index (χ4v) is 8.16. The third-order valence-electron chi connectivity index (χ3n) is 11.2.